The van der Waals surface area contributed by atoms with Crippen molar-refractivity contribution >= 4 is 11.7 Å². The average Bonchev–Trinajstić information content (AvgIpc) is 3.02. The van der Waals surface area contributed by atoms with Crippen LogP contribution in [0.3, 0.4) is 0 Å². The first-order chi connectivity index (χ1) is 11.1. The van der Waals surface area contributed by atoms with Crippen LogP contribution in [-0.2, 0) is 17.8 Å². The number of carboxylic acids is 1. The molecule has 23 heavy (non-hydrogen) atoms. The van der Waals surface area contributed by atoms with Crippen LogP contribution < -0.4 is 10.6 Å². The summed E-state index contributed by atoms with van der Waals surface area (Å²) in [5, 5.41) is 18.8. The molecule has 1 aromatic heterocycles. The number of furan rings is 1. The second kappa shape index (κ2) is 6.44. The number of hydrogen-bond donors (Lipinski definition) is 3. The van der Waals surface area contributed by atoms with E-state index < -0.39 is 18.1 Å². The number of rotatable bonds is 5. The molecule has 6 heteroatoms. The van der Waals surface area contributed by atoms with Gasteiger partial charge in [-0.2, -0.15) is 0 Å². The first kappa shape index (κ1) is 15.6. The van der Waals surface area contributed by atoms with Gasteiger partial charge in [0.1, 0.15) is 23.7 Å². The maximum absolute atomic E-state index is 10.8. The fourth-order valence-corrected chi connectivity index (χ4v) is 2.91. The molecule has 2 unspecified atom stereocenters. The molecule has 1 aliphatic rings. The SMILES string of the molecule is NC(C(=O)O)C(O)c1ccc(CN2CCCc3ccccc32)o1. The second-order valence-corrected chi connectivity index (χ2v) is 5.77. The molecule has 2 atom stereocenters. The molecule has 0 amide bonds. The lowest BCUT2D eigenvalue weighted by atomic mass is 10.0. The predicted molar refractivity (Wildman–Crippen MR) is 85.1 cm³/mol. The van der Waals surface area contributed by atoms with E-state index in [0.717, 1.165) is 19.4 Å². The molecule has 2 aromatic rings. The van der Waals surface area contributed by atoms with E-state index in [2.05, 4.69) is 17.0 Å². The maximum Gasteiger partial charge on any atom is 0.323 e. The van der Waals surface area contributed by atoms with Crippen LogP contribution in [0.1, 0.15) is 29.6 Å². The number of aliphatic hydroxyl groups excluding tert-OH is 1. The Balaban J connectivity index is 1.74. The molecule has 0 fully saturated rings. The minimum atomic E-state index is -1.40. The number of fused-ring (bicyclic) bond motifs is 1. The van der Waals surface area contributed by atoms with Gasteiger partial charge in [0.25, 0.3) is 0 Å². The quantitative estimate of drug-likeness (QED) is 0.776. The zero-order chi connectivity index (χ0) is 16.4. The lowest BCUT2D eigenvalue weighted by Crippen LogP contribution is -2.36. The predicted octanol–water partition coefficient (Wildman–Crippen LogP) is 1.68. The van der Waals surface area contributed by atoms with Crippen LogP contribution >= 0.6 is 0 Å². The smallest absolute Gasteiger partial charge is 0.323 e. The van der Waals surface area contributed by atoms with Crippen molar-refractivity contribution in [1.82, 2.24) is 0 Å². The van der Waals surface area contributed by atoms with Gasteiger partial charge in [-0.3, -0.25) is 4.79 Å². The Bertz CT molecular complexity index is 697. The van der Waals surface area contributed by atoms with E-state index in [1.54, 1.807) is 12.1 Å². The van der Waals surface area contributed by atoms with Gasteiger partial charge in [0.05, 0.1) is 6.54 Å². The van der Waals surface area contributed by atoms with Crippen molar-refractivity contribution in [1.29, 1.82) is 0 Å². The van der Waals surface area contributed by atoms with Gasteiger partial charge in [0.2, 0.25) is 0 Å². The minimum absolute atomic E-state index is 0.181. The molecule has 0 spiro atoms. The Kier molecular flexibility index (Phi) is 4.36. The summed E-state index contributed by atoms with van der Waals surface area (Å²) in [4.78, 5) is 13.1. The summed E-state index contributed by atoms with van der Waals surface area (Å²) in [5.41, 5.74) is 7.94. The highest BCUT2D eigenvalue weighted by Gasteiger charge is 2.26. The number of aliphatic hydroxyl groups is 1. The van der Waals surface area contributed by atoms with Crippen molar-refractivity contribution in [2.24, 2.45) is 5.73 Å². The third-order valence-corrected chi connectivity index (χ3v) is 4.15. The molecule has 0 bridgehead atoms. The molecular formula is C17H20N2O4. The highest BCUT2D eigenvalue weighted by atomic mass is 16.4. The molecule has 1 aliphatic heterocycles. The summed E-state index contributed by atoms with van der Waals surface area (Å²) < 4.78 is 5.60. The van der Waals surface area contributed by atoms with E-state index in [-0.39, 0.29) is 5.76 Å². The molecule has 4 N–H and O–H groups in total. The van der Waals surface area contributed by atoms with E-state index in [1.807, 2.05) is 12.1 Å². The van der Waals surface area contributed by atoms with Crippen LogP contribution in [-0.4, -0.2) is 28.8 Å². The lowest BCUT2D eigenvalue weighted by molar-refractivity contribution is -0.141. The normalized spacial score (nSPS) is 16.7. The number of nitrogens with zero attached hydrogens (tertiary/aromatic N) is 1. The number of aliphatic carboxylic acids is 1. The Morgan fingerprint density at radius 1 is 1.30 bits per heavy atom. The van der Waals surface area contributed by atoms with Crippen LogP contribution in [0, 0.1) is 0 Å². The lowest BCUT2D eigenvalue weighted by Gasteiger charge is -2.30. The molecule has 2 heterocycles. The molecular weight excluding hydrogens is 296 g/mol. The first-order valence-corrected chi connectivity index (χ1v) is 7.64. The number of benzene rings is 1. The van der Waals surface area contributed by atoms with E-state index in [4.69, 9.17) is 15.3 Å². The van der Waals surface area contributed by atoms with Crippen LogP contribution in [0.5, 0.6) is 0 Å². The van der Waals surface area contributed by atoms with Crippen LogP contribution in [0.15, 0.2) is 40.8 Å². The number of carboxylic acid groups (broad SMARTS) is 1. The summed E-state index contributed by atoms with van der Waals surface area (Å²) in [6.07, 6.45) is 0.800. The van der Waals surface area contributed by atoms with E-state index in [1.165, 1.54) is 11.3 Å². The van der Waals surface area contributed by atoms with Crippen molar-refractivity contribution < 1.29 is 19.4 Å². The monoisotopic (exact) mass is 316 g/mol. The van der Waals surface area contributed by atoms with Gasteiger partial charge in [-0.25, -0.2) is 0 Å². The van der Waals surface area contributed by atoms with Crippen molar-refractivity contribution in [3.63, 3.8) is 0 Å². The first-order valence-electron chi connectivity index (χ1n) is 7.64. The Labute approximate surface area is 134 Å². The van der Waals surface area contributed by atoms with Gasteiger partial charge in [-0.1, -0.05) is 18.2 Å². The van der Waals surface area contributed by atoms with Crippen molar-refractivity contribution in [2.75, 3.05) is 11.4 Å². The fraction of sp³-hybridized carbons (Fsp3) is 0.353. The zero-order valence-electron chi connectivity index (χ0n) is 12.7. The van der Waals surface area contributed by atoms with Gasteiger partial charge in [0.15, 0.2) is 0 Å². The minimum Gasteiger partial charge on any atom is -0.480 e. The van der Waals surface area contributed by atoms with Crippen molar-refractivity contribution in [3.05, 3.63) is 53.5 Å². The van der Waals surface area contributed by atoms with Gasteiger partial charge in [-0.15, -0.1) is 0 Å². The van der Waals surface area contributed by atoms with Gasteiger partial charge < -0.3 is 25.3 Å². The summed E-state index contributed by atoms with van der Waals surface area (Å²) >= 11 is 0. The van der Waals surface area contributed by atoms with Gasteiger partial charge in [-0.05, 0) is 36.6 Å². The Hall–Kier alpha value is -2.31. The second-order valence-electron chi connectivity index (χ2n) is 5.77. The van der Waals surface area contributed by atoms with Crippen LogP contribution in [0.4, 0.5) is 5.69 Å². The molecule has 0 saturated heterocycles. The maximum atomic E-state index is 10.8. The average molecular weight is 316 g/mol. The molecule has 6 nitrogen and oxygen atoms in total. The molecule has 3 rings (SSSR count). The van der Waals surface area contributed by atoms with Crippen LogP contribution in [0.25, 0.3) is 0 Å². The largest absolute Gasteiger partial charge is 0.480 e. The molecule has 0 aliphatic carbocycles. The summed E-state index contributed by atoms with van der Waals surface area (Å²) in [7, 11) is 0. The Morgan fingerprint density at radius 2 is 2.09 bits per heavy atom. The number of aryl methyl sites for hydroxylation is 1. The number of nitrogens with two attached hydrogens (primary N) is 1. The molecule has 1 aromatic carbocycles. The molecule has 122 valence electrons. The number of carbonyl (C=O) groups is 1. The Morgan fingerprint density at radius 3 is 2.87 bits per heavy atom. The third-order valence-electron chi connectivity index (χ3n) is 4.15. The molecule has 0 saturated carbocycles. The topological polar surface area (TPSA) is 99.9 Å². The van der Waals surface area contributed by atoms with E-state index in [0.29, 0.717) is 12.3 Å². The third kappa shape index (κ3) is 3.23. The standard InChI is InChI=1S/C17H20N2O4/c18-15(17(21)22)16(20)14-8-7-12(23-14)10-19-9-3-5-11-4-1-2-6-13(11)19/h1-2,4,6-8,15-16,20H,3,5,9-10,18H2,(H,21,22). The van der Waals surface area contributed by atoms with E-state index in [9.17, 15) is 9.90 Å². The highest BCUT2D eigenvalue weighted by Crippen LogP contribution is 2.29. The van der Waals surface area contributed by atoms with Gasteiger partial charge in [0, 0.05) is 12.2 Å². The fourth-order valence-electron chi connectivity index (χ4n) is 2.91. The number of anilines is 1. The number of para-hydroxylation sites is 1. The number of hydrogen-bond acceptors (Lipinski definition) is 5. The van der Waals surface area contributed by atoms with Gasteiger partial charge >= 0.3 is 5.97 Å². The van der Waals surface area contributed by atoms with Crippen molar-refractivity contribution in [3.8, 4) is 0 Å². The van der Waals surface area contributed by atoms with E-state index >= 15 is 0 Å². The van der Waals surface area contributed by atoms with Crippen LogP contribution in [0.2, 0.25) is 0 Å². The molecule has 0 radical (unpaired) electrons. The summed E-state index contributed by atoms with van der Waals surface area (Å²) in [6.45, 7) is 1.51. The summed E-state index contributed by atoms with van der Waals surface area (Å²) in [6, 6.07) is 10.2. The zero-order valence-corrected chi connectivity index (χ0v) is 12.7. The summed E-state index contributed by atoms with van der Waals surface area (Å²) in [5.74, 6) is -0.408. The highest BCUT2D eigenvalue weighted by molar-refractivity contribution is 5.74. The van der Waals surface area contributed by atoms with Crippen molar-refractivity contribution in [2.45, 2.75) is 31.5 Å².